The molecule has 0 N–H and O–H groups in total. The number of carbonyl (C=O) groups is 3. The maximum atomic E-state index is 12.9. The van der Waals surface area contributed by atoms with Crippen molar-refractivity contribution in [1.29, 1.82) is 0 Å². The molecule has 0 saturated carbocycles. The molecule has 0 radical (unpaired) electrons. The van der Waals surface area contributed by atoms with Crippen LogP contribution in [0.25, 0.3) is 0 Å². The molecule has 1 atom stereocenters. The first-order valence-electron chi connectivity index (χ1n) is 34.3. The lowest BCUT2D eigenvalue weighted by molar-refractivity contribution is -0.167. The maximum absolute atomic E-state index is 12.9. The number of ether oxygens (including phenoxy) is 3. The predicted molar refractivity (Wildman–Crippen MR) is 339 cm³/mol. The van der Waals surface area contributed by atoms with Gasteiger partial charge in [0, 0.05) is 19.3 Å². The molecule has 454 valence electrons. The Morgan fingerprint density at radius 1 is 0.269 bits per heavy atom. The minimum Gasteiger partial charge on any atom is -0.462 e. The van der Waals surface area contributed by atoms with Gasteiger partial charge in [-0.1, -0.05) is 319 Å². The van der Waals surface area contributed by atoms with Crippen LogP contribution in [0.5, 0.6) is 0 Å². The molecule has 0 heterocycles. The van der Waals surface area contributed by atoms with Crippen molar-refractivity contribution in [2.45, 2.75) is 367 Å². The van der Waals surface area contributed by atoms with Crippen LogP contribution < -0.4 is 0 Å². The highest BCUT2D eigenvalue weighted by atomic mass is 16.6. The van der Waals surface area contributed by atoms with Gasteiger partial charge in [-0.3, -0.25) is 14.4 Å². The number of esters is 3. The monoisotopic (exact) mass is 1090 g/mol. The highest BCUT2D eigenvalue weighted by molar-refractivity contribution is 5.71. The first-order valence-corrected chi connectivity index (χ1v) is 34.3. The highest BCUT2D eigenvalue weighted by Gasteiger charge is 2.19. The van der Waals surface area contributed by atoms with Crippen LogP contribution in [0.3, 0.4) is 0 Å². The zero-order valence-electron chi connectivity index (χ0n) is 52.2. The molecule has 0 aliphatic heterocycles. The third-order valence-electron chi connectivity index (χ3n) is 15.3. The second-order valence-corrected chi connectivity index (χ2v) is 23.1. The van der Waals surface area contributed by atoms with Crippen molar-refractivity contribution in [2.24, 2.45) is 0 Å². The van der Waals surface area contributed by atoms with E-state index in [4.69, 9.17) is 14.2 Å². The van der Waals surface area contributed by atoms with E-state index in [-0.39, 0.29) is 31.1 Å². The van der Waals surface area contributed by atoms with Gasteiger partial charge in [0.15, 0.2) is 6.10 Å². The fraction of sp³-hybridized carbons (Fsp3) is 0.819. The number of hydrogen-bond acceptors (Lipinski definition) is 6. The summed E-state index contributed by atoms with van der Waals surface area (Å²) in [5.41, 5.74) is 0. The third-order valence-corrected chi connectivity index (χ3v) is 15.3. The lowest BCUT2D eigenvalue weighted by Crippen LogP contribution is -2.30. The Morgan fingerprint density at radius 2 is 0.500 bits per heavy atom. The quantitative estimate of drug-likeness (QED) is 0.0261. The molecule has 0 aromatic rings. The van der Waals surface area contributed by atoms with E-state index in [1.54, 1.807) is 0 Å². The topological polar surface area (TPSA) is 78.9 Å². The maximum Gasteiger partial charge on any atom is 0.306 e. The van der Waals surface area contributed by atoms with Crippen molar-refractivity contribution in [3.63, 3.8) is 0 Å². The van der Waals surface area contributed by atoms with Gasteiger partial charge in [0.05, 0.1) is 0 Å². The Hall–Kier alpha value is -2.89. The van der Waals surface area contributed by atoms with Crippen LogP contribution in [0.2, 0.25) is 0 Å². The fourth-order valence-corrected chi connectivity index (χ4v) is 10.1. The smallest absolute Gasteiger partial charge is 0.306 e. The molecule has 78 heavy (non-hydrogen) atoms. The summed E-state index contributed by atoms with van der Waals surface area (Å²) in [7, 11) is 0. The number of carbonyl (C=O) groups excluding carboxylic acids is 3. The summed E-state index contributed by atoms with van der Waals surface area (Å²) in [5, 5.41) is 0. The third kappa shape index (κ3) is 63.9. The van der Waals surface area contributed by atoms with E-state index >= 15 is 0 Å². The van der Waals surface area contributed by atoms with Crippen molar-refractivity contribution < 1.29 is 28.6 Å². The van der Waals surface area contributed by atoms with Crippen LogP contribution in [0.1, 0.15) is 361 Å². The Balaban J connectivity index is 4.16. The molecule has 6 nitrogen and oxygen atoms in total. The van der Waals surface area contributed by atoms with E-state index in [1.165, 1.54) is 231 Å². The predicted octanol–water partition coefficient (Wildman–Crippen LogP) is 23.5. The average Bonchev–Trinajstić information content (AvgIpc) is 3.44. The largest absolute Gasteiger partial charge is 0.462 e. The summed E-state index contributed by atoms with van der Waals surface area (Å²) in [4.78, 5) is 38.3. The summed E-state index contributed by atoms with van der Waals surface area (Å²) < 4.78 is 17.0. The SMILES string of the molecule is CC/C=C\C/C=C\C/C=C\C/C=C\CCCCCCCCCCCCCCCCCCCCC(=O)OCC(COC(=O)CCCCCCCCCCCCCCC)OC(=O)CCCCCCC/C=C\CCCCCCCCC. The highest BCUT2D eigenvalue weighted by Crippen LogP contribution is 2.18. The van der Waals surface area contributed by atoms with E-state index in [9.17, 15) is 14.4 Å². The van der Waals surface area contributed by atoms with Crippen molar-refractivity contribution in [3.05, 3.63) is 60.8 Å². The Bertz CT molecular complexity index is 1390. The molecule has 0 aromatic heterocycles. The molecule has 6 heteroatoms. The number of hydrogen-bond donors (Lipinski definition) is 0. The molecule has 0 aliphatic carbocycles. The lowest BCUT2D eigenvalue weighted by Gasteiger charge is -2.18. The number of allylic oxidation sites excluding steroid dienone is 10. The number of unbranched alkanes of at least 4 members (excludes halogenated alkanes) is 42. The van der Waals surface area contributed by atoms with Crippen molar-refractivity contribution in [1.82, 2.24) is 0 Å². The summed E-state index contributed by atoms with van der Waals surface area (Å²) in [6.07, 6.45) is 85.3. The summed E-state index contributed by atoms with van der Waals surface area (Å²) in [6, 6.07) is 0. The first-order chi connectivity index (χ1) is 38.5. The molecule has 0 amide bonds. The molecule has 0 bridgehead atoms. The molecule has 0 spiro atoms. The Kier molecular flexibility index (Phi) is 64.2. The molecule has 1 unspecified atom stereocenters. The molecular formula is C72H130O6. The summed E-state index contributed by atoms with van der Waals surface area (Å²) >= 11 is 0. The standard InChI is InChI=1S/C72H130O6/c1-4-7-10-13-16-19-22-25-27-29-30-31-32-33-34-35-36-37-38-39-40-41-42-43-45-47-50-53-56-59-62-65-71(74)77-68-69(67-76-70(73)64-61-58-55-52-49-46-24-21-18-15-12-9-6-3)78-72(75)66-63-60-57-54-51-48-44-28-26-23-20-17-14-11-8-5-2/h7,10,16,19,25,27-28,30-31,44,69H,4-6,8-9,11-15,17-18,20-24,26,29,32-43,45-68H2,1-3H3/b10-7-,19-16-,27-25-,31-30-,44-28-. The van der Waals surface area contributed by atoms with Gasteiger partial charge >= 0.3 is 17.9 Å². The molecule has 0 aromatic carbocycles. The van der Waals surface area contributed by atoms with Gasteiger partial charge in [0.2, 0.25) is 0 Å². The van der Waals surface area contributed by atoms with Crippen LogP contribution in [0.15, 0.2) is 60.8 Å². The van der Waals surface area contributed by atoms with E-state index in [2.05, 4.69) is 81.5 Å². The van der Waals surface area contributed by atoms with E-state index in [0.29, 0.717) is 19.3 Å². The van der Waals surface area contributed by atoms with Gasteiger partial charge in [0.1, 0.15) is 13.2 Å². The number of rotatable bonds is 63. The van der Waals surface area contributed by atoms with Gasteiger partial charge in [-0.25, -0.2) is 0 Å². The van der Waals surface area contributed by atoms with Crippen LogP contribution in [0.4, 0.5) is 0 Å². The summed E-state index contributed by atoms with van der Waals surface area (Å²) in [5.74, 6) is -0.856. The van der Waals surface area contributed by atoms with E-state index in [1.807, 2.05) is 0 Å². The molecule has 0 aliphatic rings. The van der Waals surface area contributed by atoms with Gasteiger partial charge < -0.3 is 14.2 Å². The van der Waals surface area contributed by atoms with Gasteiger partial charge in [-0.15, -0.1) is 0 Å². The van der Waals surface area contributed by atoms with Crippen molar-refractivity contribution >= 4 is 17.9 Å². The Labute approximate surface area is 485 Å². The van der Waals surface area contributed by atoms with Crippen molar-refractivity contribution in [2.75, 3.05) is 13.2 Å². The normalized spacial score (nSPS) is 12.4. The second kappa shape index (κ2) is 66.6. The van der Waals surface area contributed by atoms with Gasteiger partial charge in [-0.2, -0.15) is 0 Å². The Morgan fingerprint density at radius 3 is 0.795 bits per heavy atom. The zero-order valence-corrected chi connectivity index (χ0v) is 52.2. The molecule has 0 fully saturated rings. The first kappa shape index (κ1) is 75.1. The van der Waals surface area contributed by atoms with Crippen LogP contribution >= 0.6 is 0 Å². The second-order valence-electron chi connectivity index (χ2n) is 23.1. The molecular weight excluding hydrogens is 961 g/mol. The zero-order chi connectivity index (χ0) is 56.4. The minimum atomic E-state index is -0.775. The minimum absolute atomic E-state index is 0.0714. The van der Waals surface area contributed by atoms with Crippen LogP contribution in [-0.2, 0) is 28.6 Å². The average molecular weight is 1090 g/mol. The fourth-order valence-electron chi connectivity index (χ4n) is 10.1. The van der Waals surface area contributed by atoms with Crippen LogP contribution in [0, 0.1) is 0 Å². The van der Waals surface area contributed by atoms with E-state index in [0.717, 1.165) is 89.9 Å². The van der Waals surface area contributed by atoms with Crippen LogP contribution in [-0.4, -0.2) is 37.2 Å². The van der Waals surface area contributed by atoms with E-state index < -0.39 is 6.10 Å². The molecule has 0 rings (SSSR count). The van der Waals surface area contributed by atoms with Gasteiger partial charge in [0.25, 0.3) is 0 Å². The lowest BCUT2D eigenvalue weighted by atomic mass is 10.0. The van der Waals surface area contributed by atoms with Gasteiger partial charge in [-0.05, 0) is 83.5 Å². The van der Waals surface area contributed by atoms with Crippen molar-refractivity contribution in [3.8, 4) is 0 Å². The molecule has 0 saturated heterocycles. The summed E-state index contributed by atoms with van der Waals surface area (Å²) in [6.45, 7) is 6.57.